The van der Waals surface area contributed by atoms with Gasteiger partial charge in [0.1, 0.15) is 0 Å². The molecule has 0 aliphatic heterocycles. The topological polar surface area (TPSA) is 32.9 Å². The molecule has 1 N–H and O–H groups in total. The Morgan fingerprint density at radius 3 is 2.27 bits per heavy atom. The number of allylic oxidation sites excluding steroid dienone is 2. The standard InChI is InChI=1S/C16H11NO.C4H8/c18-16-13-8-4-3-7-12(13)14-9-10-5-1-2-6-11(10)15(14)17-16;1-3-4-2/h1-8H,9H2,(H,17,18);3-4H,1-2H3/b;4-3+. The predicted octanol–water partition coefficient (Wildman–Crippen LogP) is 4.68. The number of hydrogen-bond donors (Lipinski definition) is 1. The van der Waals surface area contributed by atoms with E-state index in [2.05, 4.69) is 17.1 Å². The van der Waals surface area contributed by atoms with Gasteiger partial charge in [-0.25, -0.2) is 0 Å². The van der Waals surface area contributed by atoms with Gasteiger partial charge in [0.25, 0.3) is 5.56 Å². The van der Waals surface area contributed by atoms with Crippen molar-refractivity contribution in [1.82, 2.24) is 4.98 Å². The van der Waals surface area contributed by atoms with Crippen molar-refractivity contribution < 1.29 is 0 Å². The lowest BCUT2D eigenvalue weighted by Gasteiger charge is -2.04. The first-order valence-corrected chi connectivity index (χ1v) is 7.55. The van der Waals surface area contributed by atoms with E-state index >= 15 is 0 Å². The molecule has 0 atom stereocenters. The van der Waals surface area contributed by atoms with E-state index in [1.807, 2.05) is 62.4 Å². The van der Waals surface area contributed by atoms with E-state index in [-0.39, 0.29) is 5.56 Å². The van der Waals surface area contributed by atoms with Crippen molar-refractivity contribution in [2.24, 2.45) is 0 Å². The maximum atomic E-state index is 12.1. The Morgan fingerprint density at radius 2 is 1.55 bits per heavy atom. The first-order valence-electron chi connectivity index (χ1n) is 7.55. The lowest BCUT2D eigenvalue weighted by molar-refractivity contribution is 1.23. The van der Waals surface area contributed by atoms with Crippen LogP contribution in [0.3, 0.4) is 0 Å². The Labute approximate surface area is 130 Å². The number of H-pyrrole nitrogens is 1. The minimum atomic E-state index is 0.000975. The fourth-order valence-corrected chi connectivity index (χ4v) is 2.86. The van der Waals surface area contributed by atoms with Gasteiger partial charge in [0.15, 0.2) is 0 Å². The molecule has 2 aromatic carbocycles. The van der Waals surface area contributed by atoms with Gasteiger partial charge in [-0.2, -0.15) is 0 Å². The molecule has 0 saturated heterocycles. The zero-order valence-corrected chi connectivity index (χ0v) is 12.9. The molecule has 0 amide bonds. The molecule has 1 aromatic heterocycles. The molecule has 4 rings (SSSR count). The highest BCUT2D eigenvalue weighted by atomic mass is 16.1. The Kier molecular flexibility index (Phi) is 3.92. The Hall–Kier alpha value is -2.61. The molecular weight excluding hydrogens is 270 g/mol. The van der Waals surface area contributed by atoms with Crippen molar-refractivity contribution >= 4 is 10.8 Å². The van der Waals surface area contributed by atoms with Crippen LogP contribution in [0.2, 0.25) is 0 Å². The highest BCUT2D eigenvalue weighted by Crippen LogP contribution is 2.37. The normalized spacial score (nSPS) is 11.9. The quantitative estimate of drug-likeness (QED) is 0.468. The Balaban J connectivity index is 0.000000325. The maximum absolute atomic E-state index is 12.1. The number of pyridine rings is 1. The average Bonchev–Trinajstić information content (AvgIpc) is 2.94. The molecule has 2 nitrogen and oxygen atoms in total. The average molecular weight is 289 g/mol. The highest BCUT2D eigenvalue weighted by Gasteiger charge is 2.21. The summed E-state index contributed by atoms with van der Waals surface area (Å²) in [6.45, 7) is 4.00. The van der Waals surface area contributed by atoms with Gasteiger partial charge in [-0.05, 0) is 36.4 Å². The molecule has 22 heavy (non-hydrogen) atoms. The molecule has 0 radical (unpaired) electrons. The summed E-state index contributed by atoms with van der Waals surface area (Å²) >= 11 is 0. The third kappa shape index (κ3) is 2.37. The number of benzene rings is 2. The molecule has 1 aliphatic carbocycles. The van der Waals surface area contributed by atoms with Gasteiger partial charge < -0.3 is 4.98 Å². The number of nitrogens with one attached hydrogen (secondary N) is 1. The summed E-state index contributed by atoms with van der Waals surface area (Å²) in [5.74, 6) is 0. The minimum Gasteiger partial charge on any atom is -0.321 e. The van der Waals surface area contributed by atoms with E-state index in [0.717, 1.165) is 28.5 Å². The van der Waals surface area contributed by atoms with E-state index in [4.69, 9.17) is 0 Å². The molecule has 110 valence electrons. The van der Waals surface area contributed by atoms with Crippen LogP contribution in [0.1, 0.15) is 25.0 Å². The van der Waals surface area contributed by atoms with Crippen LogP contribution in [0.5, 0.6) is 0 Å². The van der Waals surface area contributed by atoms with Gasteiger partial charge >= 0.3 is 0 Å². The molecular formula is C20H19NO. The molecule has 0 bridgehead atoms. The molecule has 0 saturated carbocycles. The van der Waals surface area contributed by atoms with Gasteiger partial charge in [0.2, 0.25) is 0 Å². The Bertz CT molecular complexity index is 899. The largest absolute Gasteiger partial charge is 0.321 e. The summed E-state index contributed by atoms with van der Waals surface area (Å²) < 4.78 is 0. The van der Waals surface area contributed by atoms with E-state index in [0.29, 0.717) is 0 Å². The van der Waals surface area contributed by atoms with Crippen molar-refractivity contribution in [3.05, 3.63) is 82.2 Å². The van der Waals surface area contributed by atoms with Gasteiger partial charge in [-0.3, -0.25) is 4.79 Å². The molecule has 3 aromatic rings. The lowest BCUT2D eigenvalue weighted by Crippen LogP contribution is -2.08. The van der Waals surface area contributed by atoms with Crippen molar-refractivity contribution in [3.8, 4) is 11.3 Å². The van der Waals surface area contributed by atoms with Crippen LogP contribution >= 0.6 is 0 Å². The summed E-state index contributed by atoms with van der Waals surface area (Å²) in [7, 11) is 0. The zero-order chi connectivity index (χ0) is 15.5. The Morgan fingerprint density at radius 1 is 0.909 bits per heavy atom. The summed E-state index contributed by atoms with van der Waals surface area (Å²) in [4.78, 5) is 15.1. The highest BCUT2D eigenvalue weighted by molar-refractivity contribution is 5.92. The minimum absolute atomic E-state index is 0.000975. The van der Waals surface area contributed by atoms with Crippen LogP contribution in [-0.2, 0) is 6.42 Å². The molecule has 1 aliphatic rings. The van der Waals surface area contributed by atoms with E-state index in [1.165, 1.54) is 11.1 Å². The van der Waals surface area contributed by atoms with E-state index in [1.54, 1.807) is 0 Å². The maximum Gasteiger partial charge on any atom is 0.256 e. The third-order valence-corrected chi connectivity index (χ3v) is 4.02. The van der Waals surface area contributed by atoms with Crippen molar-refractivity contribution in [3.63, 3.8) is 0 Å². The smallest absolute Gasteiger partial charge is 0.256 e. The fourth-order valence-electron chi connectivity index (χ4n) is 2.86. The first-order chi connectivity index (χ1) is 10.8. The zero-order valence-electron chi connectivity index (χ0n) is 12.9. The van der Waals surface area contributed by atoms with Crippen LogP contribution in [0, 0.1) is 0 Å². The van der Waals surface area contributed by atoms with E-state index in [9.17, 15) is 4.79 Å². The van der Waals surface area contributed by atoms with Gasteiger partial charge in [0, 0.05) is 17.4 Å². The van der Waals surface area contributed by atoms with Crippen LogP contribution in [0.15, 0.2) is 65.5 Å². The number of aromatic amines is 1. The predicted molar refractivity (Wildman–Crippen MR) is 93.3 cm³/mol. The lowest BCUT2D eigenvalue weighted by atomic mass is 10.0. The summed E-state index contributed by atoms with van der Waals surface area (Å²) in [5.41, 5.74) is 4.69. The summed E-state index contributed by atoms with van der Waals surface area (Å²) in [5, 5.41) is 1.86. The van der Waals surface area contributed by atoms with Crippen LogP contribution in [-0.4, -0.2) is 4.98 Å². The SMILES string of the molecule is C/C=C/C.O=c1[nH]c2c(c3ccccc13)Cc1ccccc1-2. The third-order valence-electron chi connectivity index (χ3n) is 4.02. The second-order valence-corrected chi connectivity index (χ2v) is 5.35. The van der Waals surface area contributed by atoms with Crippen molar-refractivity contribution in [2.45, 2.75) is 20.3 Å². The van der Waals surface area contributed by atoms with Gasteiger partial charge in [0.05, 0.1) is 5.69 Å². The molecule has 0 fully saturated rings. The summed E-state index contributed by atoms with van der Waals surface area (Å²) in [6.07, 6.45) is 4.91. The van der Waals surface area contributed by atoms with Gasteiger partial charge in [-0.1, -0.05) is 54.6 Å². The van der Waals surface area contributed by atoms with Gasteiger partial charge in [-0.15, -0.1) is 0 Å². The van der Waals surface area contributed by atoms with Crippen LogP contribution in [0.25, 0.3) is 22.0 Å². The van der Waals surface area contributed by atoms with Crippen molar-refractivity contribution in [1.29, 1.82) is 0 Å². The molecule has 0 unspecified atom stereocenters. The number of fused-ring (bicyclic) bond motifs is 5. The number of rotatable bonds is 0. The number of hydrogen-bond acceptors (Lipinski definition) is 1. The second-order valence-electron chi connectivity index (χ2n) is 5.35. The van der Waals surface area contributed by atoms with Crippen molar-refractivity contribution in [2.75, 3.05) is 0 Å². The van der Waals surface area contributed by atoms with E-state index < -0.39 is 0 Å². The number of aromatic nitrogens is 1. The monoisotopic (exact) mass is 289 g/mol. The second kappa shape index (κ2) is 6.02. The van der Waals surface area contributed by atoms with Crippen LogP contribution < -0.4 is 5.56 Å². The summed E-state index contributed by atoms with van der Waals surface area (Å²) in [6, 6.07) is 16.1. The molecule has 1 heterocycles. The van der Waals surface area contributed by atoms with Crippen LogP contribution in [0.4, 0.5) is 0 Å². The molecule has 0 spiro atoms. The fraction of sp³-hybridized carbons (Fsp3) is 0.150. The first kappa shape index (κ1) is 14.3. The molecule has 2 heteroatoms.